The first-order valence-corrected chi connectivity index (χ1v) is 4.30. The smallest absolute Gasteiger partial charge is 0.169 e. The van der Waals surface area contributed by atoms with Gasteiger partial charge in [-0.05, 0) is 12.1 Å². The van der Waals surface area contributed by atoms with Gasteiger partial charge in [0.15, 0.2) is 5.82 Å². The molecule has 5 heteroatoms. The van der Waals surface area contributed by atoms with E-state index in [1.807, 2.05) is 35.4 Å². The van der Waals surface area contributed by atoms with Gasteiger partial charge in [0.25, 0.3) is 0 Å². The van der Waals surface area contributed by atoms with E-state index >= 15 is 0 Å². The molecule has 3 rings (SSSR count). The van der Waals surface area contributed by atoms with Crippen molar-refractivity contribution >= 4 is 17.7 Å². The number of nitrogens with zero attached hydrogens (tertiary/aromatic N) is 3. The highest BCUT2D eigenvalue weighted by Crippen LogP contribution is 2.33. The molecule has 0 fully saturated rings. The number of hydrogen-bond acceptors (Lipinski definition) is 5. The van der Waals surface area contributed by atoms with Crippen molar-refractivity contribution in [2.75, 3.05) is 10.2 Å². The number of rotatable bonds is 0. The number of para-hydroxylation sites is 2. The molecule has 5 nitrogen and oxygen atoms in total. The second kappa shape index (κ2) is 2.49. The normalized spacial score (nSPS) is 17.4. The fourth-order valence-corrected chi connectivity index (χ4v) is 1.61. The van der Waals surface area contributed by atoms with Crippen LogP contribution in [0.1, 0.15) is 0 Å². The Morgan fingerprint density at radius 2 is 2.14 bits per heavy atom. The lowest BCUT2D eigenvalue weighted by Gasteiger charge is -2.26. The van der Waals surface area contributed by atoms with Crippen LogP contribution in [0.3, 0.4) is 0 Å². The highest BCUT2D eigenvalue weighted by molar-refractivity contribution is 5.92. The minimum atomic E-state index is 0.823. The second-order valence-corrected chi connectivity index (χ2v) is 3.11. The Hall–Kier alpha value is -2.01. The largest absolute Gasteiger partial charge is 0.357 e. The first-order chi connectivity index (χ1) is 6.86. The van der Waals surface area contributed by atoms with Crippen molar-refractivity contribution in [3.63, 3.8) is 0 Å². The van der Waals surface area contributed by atoms with Crippen LogP contribution in [0.25, 0.3) is 0 Å². The SMILES string of the molecule is NN1N=CN2C1=CNc1ccccc12. The van der Waals surface area contributed by atoms with Crippen LogP contribution in [0.2, 0.25) is 0 Å². The first kappa shape index (κ1) is 7.40. The molecule has 2 aliphatic heterocycles. The van der Waals surface area contributed by atoms with Crippen LogP contribution in [0, 0.1) is 0 Å². The van der Waals surface area contributed by atoms with E-state index in [0.717, 1.165) is 17.2 Å². The van der Waals surface area contributed by atoms with Crippen molar-refractivity contribution in [1.82, 2.24) is 5.12 Å². The summed E-state index contributed by atoms with van der Waals surface area (Å²) < 4.78 is 0. The maximum absolute atomic E-state index is 5.63. The van der Waals surface area contributed by atoms with Gasteiger partial charge in [-0.2, -0.15) is 5.12 Å². The summed E-state index contributed by atoms with van der Waals surface area (Å²) in [4.78, 5) is 1.94. The van der Waals surface area contributed by atoms with Crippen LogP contribution in [0.5, 0.6) is 0 Å². The van der Waals surface area contributed by atoms with E-state index in [9.17, 15) is 0 Å². The van der Waals surface area contributed by atoms with Gasteiger partial charge in [-0.15, -0.1) is 5.10 Å². The van der Waals surface area contributed by atoms with Crippen LogP contribution in [-0.2, 0) is 0 Å². The summed E-state index contributed by atoms with van der Waals surface area (Å²) in [5.41, 5.74) is 2.11. The fraction of sp³-hybridized carbons (Fsp3) is 0. The van der Waals surface area contributed by atoms with Crippen molar-refractivity contribution in [3.8, 4) is 0 Å². The molecule has 0 radical (unpaired) electrons. The molecule has 0 saturated carbocycles. The Balaban J connectivity index is 2.13. The van der Waals surface area contributed by atoms with E-state index in [4.69, 9.17) is 5.84 Å². The average Bonchev–Trinajstić information content (AvgIpc) is 2.61. The molecular weight excluding hydrogens is 178 g/mol. The third-order valence-electron chi connectivity index (χ3n) is 2.29. The lowest BCUT2D eigenvalue weighted by molar-refractivity contribution is 0.397. The van der Waals surface area contributed by atoms with Gasteiger partial charge in [-0.1, -0.05) is 12.1 Å². The Kier molecular flexibility index (Phi) is 1.32. The van der Waals surface area contributed by atoms with Gasteiger partial charge in [-0.25, -0.2) is 5.84 Å². The molecule has 0 saturated heterocycles. The number of hydrogen-bond donors (Lipinski definition) is 2. The number of fused-ring (bicyclic) bond motifs is 3. The van der Waals surface area contributed by atoms with Crippen molar-refractivity contribution in [2.24, 2.45) is 10.9 Å². The Labute approximate surface area is 81.1 Å². The zero-order chi connectivity index (χ0) is 9.54. The first-order valence-electron chi connectivity index (χ1n) is 4.30. The molecule has 2 aliphatic rings. The predicted octanol–water partition coefficient (Wildman–Crippen LogP) is 0.850. The van der Waals surface area contributed by atoms with E-state index in [1.54, 1.807) is 6.34 Å². The molecule has 0 bridgehead atoms. The molecule has 2 heterocycles. The Bertz CT molecular complexity index is 437. The number of nitrogens with two attached hydrogens (primary N) is 1. The van der Waals surface area contributed by atoms with E-state index in [1.165, 1.54) is 5.12 Å². The topological polar surface area (TPSA) is 56.9 Å². The molecule has 0 atom stereocenters. The lowest BCUT2D eigenvalue weighted by Crippen LogP contribution is -2.31. The molecule has 0 aliphatic carbocycles. The summed E-state index contributed by atoms with van der Waals surface area (Å²) >= 11 is 0. The van der Waals surface area contributed by atoms with Gasteiger partial charge in [0.05, 0.1) is 11.4 Å². The van der Waals surface area contributed by atoms with Crippen LogP contribution in [0.15, 0.2) is 41.4 Å². The number of hydrazine groups is 1. The van der Waals surface area contributed by atoms with Gasteiger partial charge in [0.2, 0.25) is 0 Å². The Morgan fingerprint density at radius 1 is 1.29 bits per heavy atom. The molecule has 3 N–H and O–H groups in total. The van der Waals surface area contributed by atoms with Gasteiger partial charge in [0.1, 0.15) is 6.34 Å². The Morgan fingerprint density at radius 3 is 3.07 bits per heavy atom. The number of benzene rings is 1. The summed E-state index contributed by atoms with van der Waals surface area (Å²) in [6, 6.07) is 7.99. The molecule has 0 aromatic heterocycles. The van der Waals surface area contributed by atoms with Crippen molar-refractivity contribution < 1.29 is 0 Å². The molecule has 0 amide bonds. The summed E-state index contributed by atoms with van der Waals surface area (Å²) in [6.45, 7) is 0. The minimum Gasteiger partial charge on any atom is -0.357 e. The van der Waals surface area contributed by atoms with Crippen LogP contribution in [0.4, 0.5) is 11.4 Å². The van der Waals surface area contributed by atoms with E-state index in [-0.39, 0.29) is 0 Å². The number of hydrazone groups is 1. The summed E-state index contributed by atoms with van der Waals surface area (Å²) in [7, 11) is 0. The van der Waals surface area contributed by atoms with Gasteiger partial charge >= 0.3 is 0 Å². The monoisotopic (exact) mass is 187 g/mol. The lowest BCUT2D eigenvalue weighted by atomic mass is 10.2. The fourth-order valence-electron chi connectivity index (χ4n) is 1.61. The van der Waals surface area contributed by atoms with Crippen LogP contribution in [-0.4, -0.2) is 11.5 Å². The molecule has 1 aromatic carbocycles. The summed E-state index contributed by atoms with van der Waals surface area (Å²) in [5.74, 6) is 6.45. The van der Waals surface area contributed by atoms with E-state index in [2.05, 4.69) is 10.4 Å². The molecule has 0 unspecified atom stereocenters. The number of nitrogens with one attached hydrogen (secondary N) is 1. The molecule has 14 heavy (non-hydrogen) atoms. The van der Waals surface area contributed by atoms with Gasteiger partial charge < -0.3 is 5.32 Å². The highest BCUT2D eigenvalue weighted by Gasteiger charge is 2.25. The van der Waals surface area contributed by atoms with Crippen molar-refractivity contribution in [1.29, 1.82) is 0 Å². The standard InChI is InChI=1S/C9H9N5/c10-14-9-5-11-7-3-1-2-4-8(7)13(9)6-12-14/h1-6,11H,10H2. The summed E-state index contributed by atoms with van der Waals surface area (Å²) in [5, 5.41) is 8.48. The van der Waals surface area contributed by atoms with Gasteiger partial charge in [-0.3, -0.25) is 4.90 Å². The maximum atomic E-state index is 5.63. The zero-order valence-corrected chi connectivity index (χ0v) is 7.38. The predicted molar refractivity (Wildman–Crippen MR) is 55.1 cm³/mol. The van der Waals surface area contributed by atoms with E-state index < -0.39 is 0 Å². The van der Waals surface area contributed by atoms with Crippen LogP contribution < -0.4 is 16.1 Å². The molecule has 0 spiro atoms. The third-order valence-corrected chi connectivity index (χ3v) is 2.29. The number of anilines is 2. The minimum absolute atomic E-state index is 0.823. The summed E-state index contributed by atoms with van der Waals surface area (Å²) in [6.07, 6.45) is 3.53. The quantitative estimate of drug-likeness (QED) is 0.591. The zero-order valence-electron chi connectivity index (χ0n) is 7.38. The average molecular weight is 187 g/mol. The second-order valence-electron chi connectivity index (χ2n) is 3.11. The van der Waals surface area contributed by atoms with Crippen molar-refractivity contribution in [3.05, 3.63) is 36.3 Å². The maximum Gasteiger partial charge on any atom is 0.169 e. The van der Waals surface area contributed by atoms with Crippen molar-refractivity contribution in [2.45, 2.75) is 0 Å². The highest BCUT2D eigenvalue weighted by atomic mass is 15.7. The molecule has 1 aromatic rings. The van der Waals surface area contributed by atoms with E-state index in [0.29, 0.717) is 0 Å². The molecular formula is C9H9N5. The van der Waals surface area contributed by atoms with Gasteiger partial charge in [0, 0.05) is 6.20 Å². The van der Waals surface area contributed by atoms with Crippen LogP contribution >= 0.6 is 0 Å². The third kappa shape index (κ3) is 0.841. The molecule has 70 valence electrons.